The van der Waals surface area contributed by atoms with Crippen LogP contribution in [0.2, 0.25) is 0 Å². The second-order valence-corrected chi connectivity index (χ2v) is 8.73. The molecule has 0 amide bonds. The molecule has 2 atom stereocenters. The highest BCUT2D eigenvalue weighted by atomic mass is 16.5. The summed E-state index contributed by atoms with van der Waals surface area (Å²) in [5.41, 5.74) is 8.48. The molecule has 3 aromatic heterocycles. The molecule has 0 aromatic carbocycles. The molecule has 9 heteroatoms. The van der Waals surface area contributed by atoms with E-state index >= 15 is 0 Å². The quantitative estimate of drug-likeness (QED) is 0.668. The summed E-state index contributed by atoms with van der Waals surface area (Å²) in [5.74, 6) is 1.96. The normalized spacial score (nSPS) is 24.2. The van der Waals surface area contributed by atoms with Crippen LogP contribution in [0.1, 0.15) is 42.4 Å². The van der Waals surface area contributed by atoms with Crippen LogP contribution in [0.3, 0.4) is 0 Å². The summed E-state index contributed by atoms with van der Waals surface area (Å²) in [7, 11) is 0. The van der Waals surface area contributed by atoms with Gasteiger partial charge in [0, 0.05) is 37.2 Å². The first-order chi connectivity index (χ1) is 15.2. The molecule has 2 unspecified atom stereocenters. The van der Waals surface area contributed by atoms with Crippen molar-refractivity contribution in [1.29, 1.82) is 5.26 Å². The van der Waals surface area contributed by atoms with Gasteiger partial charge in [-0.15, -0.1) is 0 Å². The summed E-state index contributed by atoms with van der Waals surface area (Å²) in [4.78, 5) is 14.6. The monoisotopic (exact) mass is 416 g/mol. The number of H-pyrrole nitrogens is 1. The number of aromatic nitrogens is 5. The number of likely N-dealkylation sites (tertiary alicyclic amines) is 1. The smallest absolute Gasteiger partial charge is 0.141 e. The fourth-order valence-corrected chi connectivity index (χ4v) is 5.12. The molecular formula is C22H24N8O. The lowest BCUT2D eigenvalue weighted by molar-refractivity contribution is -0.0746. The van der Waals surface area contributed by atoms with E-state index < -0.39 is 0 Å². The number of hydrogen-bond acceptors (Lipinski definition) is 7. The standard InChI is InChI=1S/C22H24N8O/c23-11-15-9-16(12-27-20(15)24)17-10-18-22(31-8-7-30(18)28-17)3-6-29(13-22)19(14-1-2-14)21-25-4-5-26-21/h4-5,9-10,12,14,19H,1-3,6-8,13H2,(H2,24,27)(H,25,26). The Labute approximate surface area is 179 Å². The van der Waals surface area contributed by atoms with Crippen LogP contribution in [-0.4, -0.2) is 49.3 Å². The lowest BCUT2D eigenvalue weighted by Crippen LogP contribution is -2.41. The molecule has 2 fully saturated rings. The van der Waals surface area contributed by atoms with Gasteiger partial charge in [0.05, 0.1) is 36.1 Å². The van der Waals surface area contributed by atoms with Crippen LogP contribution in [0.15, 0.2) is 30.7 Å². The predicted octanol–water partition coefficient (Wildman–Crippen LogP) is 2.20. The van der Waals surface area contributed by atoms with Crippen LogP contribution in [-0.2, 0) is 16.9 Å². The molecule has 6 rings (SSSR count). The van der Waals surface area contributed by atoms with Crippen LogP contribution < -0.4 is 5.73 Å². The number of nitriles is 1. The van der Waals surface area contributed by atoms with Crippen molar-refractivity contribution in [2.45, 2.75) is 37.5 Å². The van der Waals surface area contributed by atoms with Gasteiger partial charge < -0.3 is 15.5 Å². The van der Waals surface area contributed by atoms with E-state index in [0.29, 0.717) is 24.1 Å². The number of ether oxygens (including phenoxy) is 1. The second-order valence-electron chi connectivity index (χ2n) is 8.73. The SMILES string of the molecule is N#Cc1cc(-c2cc3n(n2)CCOC32CCN(C(c3ncc[nH]3)C3CC3)C2)cnc1N. The Kier molecular flexibility index (Phi) is 4.13. The van der Waals surface area contributed by atoms with Gasteiger partial charge in [0.1, 0.15) is 23.3 Å². The summed E-state index contributed by atoms with van der Waals surface area (Å²) in [5, 5.41) is 14.1. The lowest BCUT2D eigenvalue weighted by atomic mass is 9.96. The third kappa shape index (κ3) is 3.02. The van der Waals surface area contributed by atoms with E-state index in [0.717, 1.165) is 48.8 Å². The molecule has 2 aliphatic heterocycles. The molecule has 3 N–H and O–H groups in total. The van der Waals surface area contributed by atoms with Crippen LogP contribution >= 0.6 is 0 Å². The number of hydrogen-bond donors (Lipinski definition) is 2. The lowest BCUT2D eigenvalue weighted by Gasteiger charge is -2.35. The number of rotatable bonds is 4. The molecule has 1 spiro atoms. The Balaban J connectivity index is 1.33. The van der Waals surface area contributed by atoms with Crippen LogP contribution in [0.4, 0.5) is 5.82 Å². The molecule has 1 aliphatic carbocycles. The first-order valence-corrected chi connectivity index (χ1v) is 10.8. The van der Waals surface area contributed by atoms with E-state index in [4.69, 9.17) is 15.6 Å². The highest BCUT2D eigenvalue weighted by Gasteiger charge is 2.50. The summed E-state index contributed by atoms with van der Waals surface area (Å²) in [6, 6.07) is 6.26. The Morgan fingerprint density at radius 1 is 1.29 bits per heavy atom. The molecule has 5 heterocycles. The molecule has 3 aliphatic rings. The molecule has 3 aromatic rings. The minimum absolute atomic E-state index is 0.241. The second kappa shape index (κ2) is 6.90. The van der Waals surface area contributed by atoms with Crippen LogP contribution in [0.5, 0.6) is 0 Å². The highest BCUT2D eigenvalue weighted by Crippen LogP contribution is 2.48. The van der Waals surface area contributed by atoms with Gasteiger partial charge in [-0.1, -0.05) is 0 Å². The molecule has 158 valence electrons. The van der Waals surface area contributed by atoms with Gasteiger partial charge in [-0.05, 0) is 37.3 Å². The van der Waals surface area contributed by atoms with Crippen molar-refractivity contribution >= 4 is 5.82 Å². The van der Waals surface area contributed by atoms with Gasteiger partial charge in [0.25, 0.3) is 0 Å². The zero-order valence-corrected chi connectivity index (χ0v) is 17.2. The average molecular weight is 416 g/mol. The number of imidazole rings is 1. The third-order valence-corrected chi connectivity index (χ3v) is 6.79. The fourth-order valence-electron chi connectivity index (χ4n) is 5.12. The van der Waals surface area contributed by atoms with Crippen LogP contribution in [0.25, 0.3) is 11.3 Å². The number of aromatic amines is 1. The number of nitrogens with two attached hydrogens (primary N) is 1. The molecule has 0 bridgehead atoms. The Hall–Kier alpha value is -3.22. The predicted molar refractivity (Wildman–Crippen MR) is 112 cm³/mol. The van der Waals surface area contributed by atoms with Crippen molar-refractivity contribution in [2.75, 3.05) is 25.4 Å². The van der Waals surface area contributed by atoms with E-state index in [9.17, 15) is 5.26 Å². The van der Waals surface area contributed by atoms with Crippen molar-refractivity contribution in [3.63, 3.8) is 0 Å². The minimum Gasteiger partial charge on any atom is -0.383 e. The topological polar surface area (TPSA) is 122 Å². The van der Waals surface area contributed by atoms with Gasteiger partial charge in [0.15, 0.2) is 0 Å². The number of fused-ring (bicyclic) bond motifs is 2. The molecular weight excluding hydrogens is 392 g/mol. The maximum Gasteiger partial charge on any atom is 0.141 e. The zero-order chi connectivity index (χ0) is 21.0. The highest BCUT2D eigenvalue weighted by molar-refractivity contribution is 5.64. The molecule has 9 nitrogen and oxygen atoms in total. The van der Waals surface area contributed by atoms with Gasteiger partial charge in [-0.25, -0.2) is 9.97 Å². The number of anilines is 1. The van der Waals surface area contributed by atoms with Gasteiger partial charge in [-0.3, -0.25) is 9.58 Å². The summed E-state index contributed by atoms with van der Waals surface area (Å²) in [6.45, 7) is 3.14. The fraction of sp³-hybridized carbons (Fsp3) is 0.455. The number of nitrogens with one attached hydrogen (secondary N) is 1. The summed E-state index contributed by atoms with van der Waals surface area (Å²) in [6.07, 6.45) is 8.85. The zero-order valence-electron chi connectivity index (χ0n) is 17.2. The van der Waals surface area contributed by atoms with Gasteiger partial charge >= 0.3 is 0 Å². The van der Waals surface area contributed by atoms with E-state index in [2.05, 4.69) is 36.7 Å². The van der Waals surface area contributed by atoms with Crippen molar-refractivity contribution in [3.8, 4) is 17.3 Å². The van der Waals surface area contributed by atoms with Gasteiger partial charge in [0.2, 0.25) is 0 Å². The van der Waals surface area contributed by atoms with E-state index in [1.807, 2.05) is 12.4 Å². The average Bonchev–Trinajstić information content (AvgIpc) is 3.17. The van der Waals surface area contributed by atoms with Crippen molar-refractivity contribution in [1.82, 2.24) is 29.6 Å². The number of nitrogens with zero attached hydrogens (tertiary/aromatic N) is 6. The van der Waals surface area contributed by atoms with E-state index in [-0.39, 0.29) is 11.4 Å². The first kappa shape index (κ1) is 18.5. The van der Waals surface area contributed by atoms with Crippen molar-refractivity contribution < 1.29 is 4.74 Å². The van der Waals surface area contributed by atoms with Crippen molar-refractivity contribution in [3.05, 3.63) is 47.8 Å². The van der Waals surface area contributed by atoms with Crippen molar-refractivity contribution in [2.24, 2.45) is 5.92 Å². The number of nitrogen functional groups attached to an aromatic ring is 1. The summed E-state index contributed by atoms with van der Waals surface area (Å²) < 4.78 is 8.50. The summed E-state index contributed by atoms with van der Waals surface area (Å²) >= 11 is 0. The molecule has 0 radical (unpaired) electrons. The molecule has 1 saturated carbocycles. The molecule has 1 saturated heterocycles. The number of pyridine rings is 1. The molecule has 31 heavy (non-hydrogen) atoms. The van der Waals surface area contributed by atoms with E-state index in [1.165, 1.54) is 12.8 Å². The van der Waals surface area contributed by atoms with E-state index in [1.54, 1.807) is 12.3 Å². The largest absolute Gasteiger partial charge is 0.383 e. The Morgan fingerprint density at radius 2 is 2.19 bits per heavy atom. The van der Waals surface area contributed by atoms with Crippen LogP contribution in [0, 0.1) is 17.2 Å². The third-order valence-electron chi connectivity index (χ3n) is 6.79. The Morgan fingerprint density at radius 3 is 2.97 bits per heavy atom. The minimum atomic E-state index is -0.372. The maximum atomic E-state index is 9.30. The van der Waals surface area contributed by atoms with Gasteiger partial charge in [-0.2, -0.15) is 10.4 Å². The Bertz CT molecular complexity index is 1160. The maximum absolute atomic E-state index is 9.30. The first-order valence-electron chi connectivity index (χ1n) is 10.8.